The van der Waals surface area contributed by atoms with Gasteiger partial charge in [-0.05, 0) is 18.6 Å². The average molecular weight is 310 g/mol. The van der Waals surface area contributed by atoms with Crippen molar-refractivity contribution in [3.8, 4) is 0 Å². The largest absolute Gasteiger partial charge is 0.384 e. The second kappa shape index (κ2) is 7.59. The fourth-order valence-electron chi connectivity index (χ4n) is 1.98. The van der Waals surface area contributed by atoms with E-state index >= 15 is 0 Å². The summed E-state index contributed by atoms with van der Waals surface area (Å²) < 4.78 is 0. The predicted octanol–water partition coefficient (Wildman–Crippen LogP) is 5.39. The second-order valence-electron chi connectivity index (χ2n) is 4.60. The highest BCUT2D eigenvalue weighted by Crippen LogP contribution is 2.35. The van der Waals surface area contributed by atoms with Crippen LogP contribution in [0.5, 0.6) is 0 Å². The smallest absolute Gasteiger partial charge is 0.105 e. The molecule has 0 heterocycles. The van der Waals surface area contributed by atoms with E-state index in [1.165, 1.54) is 12.8 Å². The third-order valence-corrected chi connectivity index (χ3v) is 4.09. The van der Waals surface area contributed by atoms with E-state index in [2.05, 4.69) is 6.92 Å². The van der Waals surface area contributed by atoms with Crippen molar-refractivity contribution in [2.75, 3.05) is 5.88 Å². The van der Waals surface area contributed by atoms with Crippen molar-refractivity contribution in [3.05, 3.63) is 33.8 Å². The van der Waals surface area contributed by atoms with Gasteiger partial charge >= 0.3 is 0 Å². The van der Waals surface area contributed by atoms with E-state index in [0.717, 1.165) is 12.8 Å². The molecule has 1 aromatic carbocycles. The van der Waals surface area contributed by atoms with Gasteiger partial charge in [-0.2, -0.15) is 0 Å². The molecule has 0 aliphatic heterocycles. The molecule has 0 fully saturated rings. The van der Waals surface area contributed by atoms with Crippen LogP contribution in [0.3, 0.4) is 0 Å². The van der Waals surface area contributed by atoms with Gasteiger partial charge in [0.05, 0.1) is 5.88 Å². The van der Waals surface area contributed by atoms with E-state index in [9.17, 15) is 5.11 Å². The molecule has 1 nitrogen and oxygen atoms in total. The molecule has 0 aliphatic carbocycles. The van der Waals surface area contributed by atoms with Crippen molar-refractivity contribution in [1.29, 1.82) is 0 Å². The van der Waals surface area contributed by atoms with E-state index in [1.807, 2.05) is 0 Å². The van der Waals surface area contributed by atoms with Crippen molar-refractivity contribution in [3.63, 3.8) is 0 Å². The molecule has 1 aromatic rings. The van der Waals surface area contributed by atoms with E-state index < -0.39 is 5.60 Å². The summed E-state index contributed by atoms with van der Waals surface area (Å²) in [5, 5.41) is 11.6. The molecule has 0 bridgehead atoms. The van der Waals surface area contributed by atoms with Crippen LogP contribution in [0.15, 0.2) is 18.2 Å². The third kappa shape index (κ3) is 4.31. The molecular formula is C14H19Cl3O. The molecule has 0 aromatic heterocycles. The lowest BCUT2D eigenvalue weighted by molar-refractivity contribution is 0.0487. The van der Waals surface area contributed by atoms with Gasteiger partial charge in [-0.25, -0.2) is 0 Å². The minimum Gasteiger partial charge on any atom is -0.384 e. The molecule has 0 saturated carbocycles. The first-order valence-electron chi connectivity index (χ1n) is 6.27. The molecular weight excluding hydrogens is 291 g/mol. The minimum absolute atomic E-state index is 0.139. The Hall–Kier alpha value is 0.0500. The molecule has 0 aliphatic rings. The number of rotatable bonds is 7. The lowest BCUT2D eigenvalue weighted by atomic mass is 9.90. The number of alkyl halides is 1. The molecule has 1 rings (SSSR count). The maximum atomic E-state index is 10.6. The maximum Gasteiger partial charge on any atom is 0.105 e. The van der Waals surface area contributed by atoms with Crippen LogP contribution < -0.4 is 0 Å². The maximum absolute atomic E-state index is 10.6. The van der Waals surface area contributed by atoms with Crippen LogP contribution in [0.2, 0.25) is 10.0 Å². The van der Waals surface area contributed by atoms with Gasteiger partial charge in [0.2, 0.25) is 0 Å². The van der Waals surface area contributed by atoms with E-state index in [1.54, 1.807) is 18.2 Å². The Bertz CT molecular complexity index is 381. The van der Waals surface area contributed by atoms with Crippen molar-refractivity contribution < 1.29 is 5.11 Å². The molecule has 18 heavy (non-hydrogen) atoms. The third-order valence-electron chi connectivity index (χ3n) is 3.10. The number of unbranched alkanes of at least 4 members (excludes halogenated alkanes) is 3. The first-order valence-corrected chi connectivity index (χ1v) is 7.56. The Morgan fingerprint density at radius 3 is 2.44 bits per heavy atom. The van der Waals surface area contributed by atoms with Crippen LogP contribution in [0.25, 0.3) is 0 Å². The Morgan fingerprint density at radius 1 is 1.17 bits per heavy atom. The monoisotopic (exact) mass is 308 g/mol. The minimum atomic E-state index is -1.06. The molecule has 0 spiro atoms. The van der Waals surface area contributed by atoms with Crippen molar-refractivity contribution in [1.82, 2.24) is 0 Å². The van der Waals surface area contributed by atoms with Crippen LogP contribution in [0.1, 0.15) is 44.6 Å². The highest BCUT2D eigenvalue weighted by molar-refractivity contribution is 6.35. The standard InChI is InChI=1S/C14H19Cl3O/c1-2-3-4-5-8-14(18,10-15)12-7-6-11(16)9-13(12)17/h6-7,9,18H,2-5,8,10H2,1H3. The molecule has 1 atom stereocenters. The highest BCUT2D eigenvalue weighted by atomic mass is 35.5. The molecule has 4 heteroatoms. The fourth-order valence-corrected chi connectivity index (χ4v) is 2.85. The molecule has 102 valence electrons. The summed E-state index contributed by atoms with van der Waals surface area (Å²) >= 11 is 17.9. The zero-order valence-electron chi connectivity index (χ0n) is 10.6. The highest BCUT2D eigenvalue weighted by Gasteiger charge is 2.29. The summed E-state index contributed by atoms with van der Waals surface area (Å²) in [6.07, 6.45) is 5.00. The zero-order valence-corrected chi connectivity index (χ0v) is 12.8. The van der Waals surface area contributed by atoms with Gasteiger partial charge < -0.3 is 5.11 Å². The van der Waals surface area contributed by atoms with Crippen molar-refractivity contribution in [2.24, 2.45) is 0 Å². The lowest BCUT2D eigenvalue weighted by Gasteiger charge is -2.27. The number of benzene rings is 1. The quantitative estimate of drug-likeness (QED) is 0.529. The van der Waals surface area contributed by atoms with Gasteiger partial charge in [-0.15, -0.1) is 11.6 Å². The van der Waals surface area contributed by atoms with Crippen LogP contribution >= 0.6 is 34.8 Å². The molecule has 0 saturated heterocycles. The Kier molecular flexibility index (Phi) is 6.79. The van der Waals surface area contributed by atoms with Crippen LogP contribution in [-0.4, -0.2) is 11.0 Å². The molecule has 1 unspecified atom stereocenters. The molecule has 0 amide bonds. The Morgan fingerprint density at radius 2 is 1.89 bits per heavy atom. The van der Waals surface area contributed by atoms with E-state index in [-0.39, 0.29) is 5.88 Å². The number of aliphatic hydroxyl groups is 1. The summed E-state index contributed by atoms with van der Waals surface area (Å²) in [6, 6.07) is 5.13. The second-order valence-corrected chi connectivity index (χ2v) is 5.71. The summed E-state index contributed by atoms with van der Waals surface area (Å²) in [5.41, 5.74) is -0.392. The molecule has 1 N–H and O–H groups in total. The molecule has 0 radical (unpaired) electrons. The Labute approximate surface area is 124 Å². The average Bonchev–Trinajstić information content (AvgIpc) is 2.34. The van der Waals surface area contributed by atoms with Crippen LogP contribution in [0, 0.1) is 0 Å². The SMILES string of the molecule is CCCCCCC(O)(CCl)c1ccc(Cl)cc1Cl. The number of hydrogen-bond acceptors (Lipinski definition) is 1. The van der Waals surface area contributed by atoms with Crippen LogP contribution in [-0.2, 0) is 5.60 Å². The van der Waals surface area contributed by atoms with Gasteiger partial charge in [0, 0.05) is 15.6 Å². The number of halogens is 3. The Balaban J connectivity index is 2.79. The van der Waals surface area contributed by atoms with Crippen molar-refractivity contribution in [2.45, 2.75) is 44.6 Å². The topological polar surface area (TPSA) is 20.2 Å². The zero-order chi connectivity index (χ0) is 13.6. The van der Waals surface area contributed by atoms with E-state index in [4.69, 9.17) is 34.8 Å². The number of hydrogen-bond donors (Lipinski definition) is 1. The first-order chi connectivity index (χ1) is 8.53. The van der Waals surface area contributed by atoms with Crippen LogP contribution in [0.4, 0.5) is 0 Å². The van der Waals surface area contributed by atoms with E-state index in [0.29, 0.717) is 22.0 Å². The van der Waals surface area contributed by atoms with Gasteiger partial charge in [-0.1, -0.05) is 61.9 Å². The summed E-state index contributed by atoms with van der Waals surface area (Å²) in [4.78, 5) is 0. The van der Waals surface area contributed by atoms with Gasteiger partial charge in [0.1, 0.15) is 5.60 Å². The summed E-state index contributed by atoms with van der Waals surface area (Å²) in [5.74, 6) is 0.139. The predicted molar refractivity (Wildman–Crippen MR) is 79.8 cm³/mol. The van der Waals surface area contributed by atoms with Gasteiger partial charge in [0.15, 0.2) is 0 Å². The first kappa shape index (κ1) is 16.1. The van der Waals surface area contributed by atoms with Gasteiger partial charge in [-0.3, -0.25) is 0 Å². The lowest BCUT2D eigenvalue weighted by Crippen LogP contribution is -2.28. The fraction of sp³-hybridized carbons (Fsp3) is 0.571. The van der Waals surface area contributed by atoms with Crippen molar-refractivity contribution >= 4 is 34.8 Å². The van der Waals surface area contributed by atoms with Gasteiger partial charge in [0.25, 0.3) is 0 Å². The summed E-state index contributed by atoms with van der Waals surface area (Å²) in [6.45, 7) is 2.16. The summed E-state index contributed by atoms with van der Waals surface area (Å²) in [7, 11) is 0. The normalized spacial score (nSPS) is 14.5.